The number of hydrogen-bond acceptors (Lipinski definition) is 4. The Morgan fingerprint density at radius 3 is 2.63 bits per heavy atom. The summed E-state index contributed by atoms with van der Waals surface area (Å²) in [5.41, 5.74) is 3.34. The van der Waals surface area contributed by atoms with E-state index in [4.69, 9.17) is 9.57 Å². The van der Waals surface area contributed by atoms with Gasteiger partial charge in [0.2, 0.25) is 0 Å². The zero-order chi connectivity index (χ0) is 13.8. The molecule has 0 amide bonds. The molecule has 1 aliphatic rings. The van der Waals surface area contributed by atoms with Crippen molar-refractivity contribution in [3.63, 3.8) is 0 Å². The fourth-order valence-corrected chi connectivity index (χ4v) is 2.19. The number of methoxy groups -OCH3 is 1. The van der Waals surface area contributed by atoms with E-state index in [2.05, 4.69) is 34.3 Å². The van der Waals surface area contributed by atoms with Crippen LogP contribution in [0.1, 0.15) is 30.6 Å². The first kappa shape index (κ1) is 14.0. The molecule has 0 fully saturated rings. The molecule has 19 heavy (non-hydrogen) atoms. The summed E-state index contributed by atoms with van der Waals surface area (Å²) in [6.07, 6.45) is 1.16. The number of likely N-dealkylation sites (N-methyl/N-ethyl adjacent to an activating group) is 1. The molecular weight excluding hydrogens is 240 g/mol. The SMILES string of the molecule is COC(C)c1ccc(C2=NOC(CN(C)C)C2)cc1. The summed E-state index contributed by atoms with van der Waals surface area (Å²) in [6, 6.07) is 8.35. The lowest BCUT2D eigenvalue weighted by Crippen LogP contribution is -2.26. The van der Waals surface area contributed by atoms with Crippen molar-refractivity contribution in [2.45, 2.75) is 25.6 Å². The molecule has 2 unspecified atom stereocenters. The fourth-order valence-electron chi connectivity index (χ4n) is 2.19. The van der Waals surface area contributed by atoms with Crippen LogP contribution in [-0.4, -0.2) is 44.5 Å². The molecular formula is C15H22N2O2. The first-order valence-electron chi connectivity index (χ1n) is 6.60. The Balaban J connectivity index is 2.00. The highest BCUT2D eigenvalue weighted by molar-refractivity contribution is 6.01. The van der Waals surface area contributed by atoms with E-state index in [1.807, 2.05) is 21.0 Å². The summed E-state index contributed by atoms with van der Waals surface area (Å²) >= 11 is 0. The highest BCUT2D eigenvalue weighted by Crippen LogP contribution is 2.20. The van der Waals surface area contributed by atoms with Crippen LogP contribution in [0.2, 0.25) is 0 Å². The van der Waals surface area contributed by atoms with Crippen LogP contribution < -0.4 is 0 Å². The maximum Gasteiger partial charge on any atom is 0.145 e. The zero-order valence-corrected chi connectivity index (χ0v) is 12.1. The van der Waals surface area contributed by atoms with E-state index in [1.165, 1.54) is 5.56 Å². The van der Waals surface area contributed by atoms with Crippen LogP contribution in [0.5, 0.6) is 0 Å². The number of rotatable bonds is 5. The Morgan fingerprint density at radius 1 is 1.37 bits per heavy atom. The van der Waals surface area contributed by atoms with E-state index in [1.54, 1.807) is 7.11 Å². The van der Waals surface area contributed by atoms with Crippen molar-refractivity contribution in [1.82, 2.24) is 4.90 Å². The van der Waals surface area contributed by atoms with E-state index in [0.717, 1.165) is 24.2 Å². The summed E-state index contributed by atoms with van der Waals surface area (Å²) in [4.78, 5) is 7.57. The summed E-state index contributed by atoms with van der Waals surface area (Å²) in [5, 5.41) is 4.19. The first-order valence-corrected chi connectivity index (χ1v) is 6.60. The molecule has 0 saturated heterocycles. The van der Waals surface area contributed by atoms with Crippen molar-refractivity contribution in [1.29, 1.82) is 0 Å². The standard InChI is InChI=1S/C15H22N2O2/c1-11(18-4)12-5-7-13(8-6-12)15-9-14(19-16-15)10-17(2)3/h5-8,11,14H,9-10H2,1-4H3. The van der Waals surface area contributed by atoms with Gasteiger partial charge in [-0.1, -0.05) is 29.4 Å². The van der Waals surface area contributed by atoms with Gasteiger partial charge >= 0.3 is 0 Å². The Hall–Kier alpha value is -1.39. The second-order valence-electron chi connectivity index (χ2n) is 5.23. The zero-order valence-electron chi connectivity index (χ0n) is 12.1. The van der Waals surface area contributed by atoms with Crippen LogP contribution in [-0.2, 0) is 9.57 Å². The Bertz CT molecular complexity index is 440. The van der Waals surface area contributed by atoms with Crippen LogP contribution in [0.25, 0.3) is 0 Å². The highest BCUT2D eigenvalue weighted by atomic mass is 16.6. The lowest BCUT2D eigenvalue weighted by molar-refractivity contribution is 0.0650. The van der Waals surface area contributed by atoms with Crippen molar-refractivity contribution in [2.75, 3.05) is 27.7 Å². The fraction of sp³-hybridized carbons (Fsp3) is 0.533. The third-order valence-electron chi connectivity index (χ3n) is 3.37. The van der Waals surface area contributed by atoms with Gasteiger partial charge in [-0.05, 0) is 32.1 Å². The average molecular weight is 262 g/mol. The molecule has 0 aromatic heterocycles. The minimum Gasteiger partial charge on any atom is -0.390 e. The molecule has 0 N–H and O–H groups in total. The molecule has 0 bridgehead atoms. The molecule has 2 atom stereocenters. The number of oxime groups is 1. The van der Waals surface area contributed by atoms with Crippen LogP contribution in [0.3, 0.4) is 0 Å². The van der Waals surface area contributed by atoms with Crippen molar-refractivity contribution < 1.29 is 9.57 Å². The monoisotopic (exact) mass is 262 g/mol. The van der Waals surface area contributed by atoms with Crippen molar-refractivity contribution in [3.05, 3.63) is 35.4 Å². The van der Waals surface area contributed by atoms with E-state index < -0.39 is 0 Å². The number of benzene rings is 1. The molecule has 1 aromatic carbocycles. The number of hydrogen-bond donors (Lipinski definition) is 0. The van der Waals surface area contributed by atoms with Gasteiger partial charge in [0.05, 0.1) is 11.8 Å². The molecule has 0 aliphatic carbocycles. The van der Waals surface area contributed by atoms with Gasteiger partial charge in [-0.2, -0.15) is 0 Å². The Labute approximate surface area is 115 Å². The molecule has 104 valence electrons. The van der Waals surface area contributed by atoms with Gasteiger partial charge in [0.1, 0.15) is 6.10 Å². The average Bonchev–Trinajstić information content (AvgIpc) is 2.85. The molecule has 2 rings (SSSR count). The van der Waals surface area contributed by atoms with Crippen molar-refractivity contribution in [2.24, 2.45) is 5.16 Å². The third kappa shape index (κ3) is 3.55. The van der Waals surface area contributed by atoms with Gasteiger partial charge in [0, 0.05) is 20.1 Å². The molecule has 1 aliphatic heterocycles. The van der Waals surface area contributed by atoms with Gasteiger partial charge in [-0.3, -0.25) is 0 Å². The van der Waals surface area contributed by atoms with Gasteiger partial charge in [0.25, 0.3) is 0 Å². The minimum absolute atomic E-state index is 0.123. The van der Waals surface area contributed by atoms with Crippen molar-refractivity contribution in [3.8, 4) is 0 Å². The number of nitrogens with zero attached hydrogens (tertiary/aromatic N) is 2. The van der Waals surface area contributed by atoms with E-state index in [0.29, 0.717) is 0 Å². The summed E-state index contributed by atoms with van der Waals surface area (Å²) < 4.78 is 5.30. The van der Waals surface area contributed by atoms with Gasteiger partial charge in [-0.25, -0.2) is 0 Å². The molecule has 1 heterocycles. The van der Waals surface area contributed by atoms with E-state index in [9.17, 15) is 0 Å². The van der Waals surface area contributed by atoms with Gasteiger partial charge in [-0.15, -0.1) is 0 Å². The predicted octanol–water partition coefficient (Wildman–Crippen LogP) is 2.45. The quantitative estimate of drug-likeness (QED) is 0.817. The van der Waals surface area contributed by atoms with E-state index in [-0.39, 0.29) is 12.2 Å². The van der Waals surface area contributed by atoms with Gasteiger partial charge in [0.15, 0.2) is 0 Å². The molecule has 0 radical (unpaired) electrons. The Kier molecular flexibility index (Phi) is 4.56. The van der Waals surface area contributed by atoms with Crippen LogP contribution in [0.15, 0.2) is 29.4 Å². The molecule has 0 saturated carbocycles. The second-order valence-corrected chi connectivity index (χ2v) is 5.23. The summed E-state index contributed by atoms with van der Waals surface area (Å²) in [5.74, 6) is 0. The normalized spacial score (nSPS) is 20.3. The molecule has 0 spiro atoms. The number of ether oxygens (including phenoxy) is 1. The van der Waals surface area contributed by atoms with E-state index >= 15 is 0 Å². The topological polar surface area (TPSA) is 34.1 Å². The molecule has 4 heteroatoms. The summed E-state index contributed by atoms with van der Waals surface area (Å²) in [7, 11) is 5.81. The van der Waals surface area contributed by atoms with Crippen LogP contribution in [0, 0.1) is 0 Å². The van der Waals surface area contributed by atoms with Crippen LogP contribution in [0.4, 0.5) is 0 Å². The Morgan fingerprint density at radius 2 is 2.05 bits per heavy atom. The van der Waals surface area contributed by atoms with Crippen molar-refractivity contribution >= 4 is 5.71 Å². The maximum absolute atomic E-state index is 5.45. The smallest absolute Gasteiger partial charge is 0.145 e. The highest BCUT2D eigenvalue weighted by Gasteiger charge is 2.22. The predicted molar refractivity (Wildman–Crippen MR) is 76.4 cm³/mol. The molecule has 4 nitrogen and oxygen atoms in total. The van der Waals surface area contributed by atoms with Crippen LogP contribution >= 0.6 is 0 Å². The summed E-state index contributed by atoms with van der Waals surface area (Å²) in [6.45, 7) is 2.93. The third-order valence-corrected chi connectivity index (χ3v) is 3.37. The lowest BCUT2D eigenvalue weighted by Gasteiger charge is -2.13. The maximum atomic E-state index is 5.45. The lowest BCUT2D eigenvalue weighted by atomic mass is 10.0. The first-order chi connectivity index (χ1) is 9.10. The van der Waals surface area contributed by atoms with Gasteiger partial charge < -0.3 is 14.5 Å². The minimum atomic E-state index is 0.123. The largest absolute Gasteiger partial charge is 0.390 e. The second kappa shape index (κ2) is 6.17. The molecule has 1 aromatic rings.